The Balaban J connectivity index is 1.99. The molecule has 0 saturated carbocycles. The van der Waals surface area contributed by atoms with E-state index in [0.29, 0.717) is 5.92 Å². The fourth-order valence-electron chi connectivity index (χ4n) is 1.99. The van der Waals surface area contributed by atoms with E-state index in [1.807, 2.05) is 20.8 Å². The zero-order valence-electron chi connectivity index (χ0n) is 13.4. The molecule has 124 valence electrons. The summed E-state index contributed by atoms with van der Waals surface area (Å²) in [5, 5.41) is 2.88. The van der Waals surface area contributed by atoms with Crippen LogP contribution in [0.15, 0.2) is 28.8 Å². The zero-order valence-corrected chi connectivity index (χ0v) is 13.4. The van der Waals surface area contributed by atoms with Gasteiger partial charge in [0, 0.05) is 18.9 Å². The molecule has 2 rings (SSSR count). The maximum Gasteiger partial charge on any atom is 0.220 e. The first-order valence-corrected chi connectivity index (χ1v) is 7.57. The number of carbonyl (C=O) groups is 1. The summed E-state index contributed by atoms with van der Waals surface area (Å²) >= 11 is 0. The quantitative estimate of drug-likeness (QED) is 0.882. The molecule has 6 heteroatoms. The summed E-state index contributed by atoms with van der Waals surface area (Å²) in [5.41, 5.74) is -0.246. The number of nitrogens with zero attached hydrogens (tertiary/aromatic N) is 1. The highest BCUT2D eigenvalue weighted by atomic mass is 19.1. The summed E-state index contributed by atoms with van der Waals surface area (Å²) in [4.78, 5) is 15.8. The maximum atomic E-state index is 13.7. The third-order valence-electron chi connectivity index (χ3n) is 3.72. The van der Waals surface area contributed by atoms with E-state index in [9.17, 15) is 13.6 Å². The standard InChI is InChI=1S/C17H20F2N2O2/c1-10(2)11(3)21-15(22)7-8-16-20-9-14(23-16)17-12(18)5-4-6-13(17)19/h4-6,9-11H,7-8H2,1-3H3,(H,21,22). The lowest BCUT2D eigenvalue weighted by Crippen LogP contribution is -2.36. The van der Waals surface area contributed by atoms with Crippen LogP contribution in [0.1, 0.15) is 33.1 Å². The number of benzene rings is 1. The molecule has 1 N–H and O–H groups in total. The topological polar surface area (TPSA) is 55.1 Å². The number of carbonyl (C=O) groups excluding carboxylic acids is 1. The number of nitrogens with one attached hydrogen (secondary N) is 1. The first-order chi connectivity index (χ1) is 10.9. The van der Waals surface area contributed by atoms with Crippen LogP contribution in [-0.4, -0.2) is 16.9 Å². The Hall–Kier alpha value is -2.24. The number of rotatable bonds is 6. The predicted octanol–water partition coefficient (Wildman–Crippen LogP) is 3.71. The highest BCUT2D eigenvalue weighted by molar-refractivity contribution is 5.76. The van der Waals surface area contributed by atoms with Crippen molar-refractivity contribution in [3.05, 3.63) is 41.9 Å². The van der Waals surface area contributed by atoms with Crippen molar-refractivity contribution in [1.82, 2.24) is 10.3 Å². The molecule has 1 unspecified atom stereocenters. The Bertz CT molecular complexity index is 663. The molecule has 0 radical (unpaired) electrons. The lowest BCUT2D eigenvalue weighted by molar-refractivity contribution is -0.122. The van der Waals surface area contributed by atoms with Crippen LogP contribution < -0.4 is 5.32 Å². The summed E-state index contributed by atoms with van der Waals surface area (Å²) in [5.74, 6) is -0.895. The van der Waals surface area contributed by atoms with Gasteiger partial charge in [-0.2, -0.15) is 0 Å². The van der Waals surface area contributed by atoms with Gasteiger partial charge in [-0.1, -0.05) is 19.9 Å². The van der Waals surface area contributed by atoms with Gasteiger partial charge in [0.25, 0.3) is 0 Å². The Morgan fingerprint density at radius 1 is 1.26 bits per heavy atom. The van der Waals surface area contributed by atoms with Crippen LogP contribution in [0.3, 0.4) is 0 Å². The first kappa shape index (κ1) is 17.1. The minimum Gasteiger partial charge on any atom is -0.441 e. The van der Waals surface area contributed by atoms with Crippen LogP contribution in [0.5, 0.6) is 0 Å². The van der Waals surface area contributed by atoms with Gasteiger partial charge in [-0.15, -0.1) is 0 Å². The molecule has 0 aliphatic rings. The fraction of sp³-hybridized carbons (Fsp3) is 0.412. The molecular formula is C17H20F2N2O2. The summed E-state index contributed by atoms with van der Waals surface area (Å²) in [6.45, 7) is 5.98. The lowest BCUT2D eigenvalue weighted by atomic mass is 10.1. The molecule has 0 aliphatic carbocycles. The molecule has 1 atom stereocenters. The van der Waals surface area contributed by atoms with Crippen molar-refractivity contribution < 1.29 is 18.0 Å². The first-order valence-electron chi connectivity index (χ1n) is 7.57. The van der Waals surface area contributed by atoms with Gasteiger partial charge in [0.1, 0.15) is 11.6 Å². The van der Waals surface area contributed by atoms with Crippen LogP contribution in [0.4, 0.5) is 8.78 Å². The van der Waals surface area contributed by atoms with Crippen molar-refractivity contribution in [2.75, 3.05) is 0 Å². The second-order valence-electron chi connectivity index (χ2n) is 5.82. The van der Waals surface area contributed by atoms with Gasteiger partial charge in [0.05, 0.1) is 11.8 Å². The molecule has 0 fully saturated rings. The van der Waals surface area contributed by atoms with Crippen LogP contribution in [0.25, 0.3) is 11.3 Å². The summed E-state index contributed by atoms with van der Waals surface area (Å²) < 4.78 is 32.7. The van der Waals surface area contributed by atoms with E-state index >= 15 is 0 Å². The molecule has 2 aromatic rings. The molecule has 0 aliphatic heterocycles. The molecule has 0 saturated heterocycles. The average molecular weight is 322 g/mol. The monoisotopic (exact) mass is 322 g/mol. The lowest BCUT2D eigenvalue weighted by Gasteiger charge is -2.16. The third kappa shape index (κ3) is 4.37. The SMILES string of the molecule is CC(C)C(C)NC(=O)CCc1ncc(-c2c(F)cccc2F)o1. The Morgan fingerprint density at radius 3 is 2.52 bits per heavy atom. The van der Waals surface area contributed by atoms with Gasteiger partial charge in [-0.05, 0) is 25.0 Å². The molecule has 1 amide bonds. The molecule has 0 bridgehead atoms. The molecule has 1 heterocycles. The van der Waals surface area contributed by atoms with Crippen LogP contribution in [0.2, 0.25) is 0 Å². The van der Waals surface area contributed by atoms with Crippen molar-refractivity contribution in [3.63, 3.8) is 0 Å². The van der Waals surface area contributed by atoms with Crippen molar-refractivity contribution in [2.24, 2.45) is 5.92 Å². The number of aromatic nitrogens is 1. The molecule has 4 nitrogen and oxygen atoms in total. The van der Waals surface area contributed by atoms with Gasteiger partial charge >= 0.3 is 0 Å². The van der Waals surface area contributed by atoms with Gasteiger partial charge < -0.3 is 9.73 Å². The van der Waals surface area contributed by atoms with E-state index in [1.54, 1.807) is 0 Å². The van der Waals surface area contributed by atoms with E-state index in [2.05, 4.69) is 10.3 Å². The highest BCUT2D eigenvalue weighted by Gasteiger charge is 2.17. The summed E-state index contributed by atoms with van der Waals surface area (Å²) in [6, 6.07) is 3.67. The van der Waals surface area contributed by atoms with Crippen molar-refractivity contribution in [1.29, 1.82) is 0 Å². The van der Waals surface area contributed by atoms with Gasteiger partial charge in [0.15, 0.2) is 11.7 Å². The fourth-order valence-corrected chi connectivity index (χ4v) is 1.99. The van der Waals surface area contributed by atoms with Gasteiger partial charge in [0.2, 0.25) is 5.91 Å². The Kier molecular flexibility index (Phi) is 5.47. The van der Waals surface area contributed by atoms with Gasteiger partial charge in [-0.3, -0.25) is 4.79 Å². The predicted molar refractivity (Wildman–Crippen MR) is 82.6 cm³/mol. The van der Waals surface area contributed by atoms with Crippen LogP contribution in [-0.2, 0) is 11.2 Å². The number of amides is 1. The third-order valence-corrected chi connectivity index (χ3v) is 3.72. The minimum atomic E-state index is -0.712. The Morgan fingerprint density at radius 2 is 1.91 bits per heavy atom. The summed E-state index contributed by atoms with van der Waals surface area (Å²) in [6.07, 6.45) is 1.75. The average Bonchev–Trinajstić information content (AvgIpc) is 2.93. The second kappa shape index (κ2) is 7.35. The van der Waals surface area contributed by atoms with E-state index in [-0.39, 0.29) is 42.0 Å². The van der Waals surface area contributed by atoms with E-state index in [1.165, 1.54) is 12.3 Å². The smallest absolute Gasteiger partial charge is 0.220 e. The van der Waals surface area contributed by atoms with E-state index < -0.39 is 11.6 Å². The van der Waals surface area contributed by atoms with Crippen molar-refractivity contribution >= 4 is 5.91 Å². The highest BCUT2D eigenvalue weighted by Crippen LogP contribution is 2.26. The summed E-state index contributed by atoms with van der Waals surface area (Å²) in [7, 11) is 0. The molecule has 1 aromatic carbocycles. The van der Waals surface area contributed by atoms with E-state index in [0.717, 1.165) is 12.1 Å². The van der Waals surface area contributed by atoms with Crippen molar-refractivity contribution in [3.8, 4) is 11.3 Å². The van der Waals surface area contributed by atoms with Crippen molar-refractivity contribution in [2.45, 2.75) is 39.7 Å². The second-order valence-corrected chi connectivity index (χ2v) is 5.82. The normalized spacial score (nSPS) is 12.4. The van der Waals surface area contributed by atoms with E-state index in [4.69, 9.17) is 4.42 Å². The Labute approximate surface area is 133 Å². The minimum absolute atomic E-state index is 0.0200. The van der Waals surface area contributed by atoms with Gasteiger partial charge in [-0.25, -0.2) is 13.8 Å². The molecule has 23 heavy (non-hydrogen) atoms. The zero-order chi connectivity index (χ0) is 17.0. The number of hydrogen-bond donors (Lipinski definition) is 1. The molecule has 0 spiro atoms. The number of aryl methyl sites for hydroxylation is 1. The number of halogens is 2. The van der Waals surface area contributed by atoms with Crippen LogP contribution >= 0.6 is 0 Å². The molecule has 1 aromatic heterocycles. The number of oxazole rings is 1. The largest absolute Gasteiger partial charge is 0.441 e. The van der Waals surface area contributed by atoms with Crippen LogP contribution in [0, 0.1) is 17.6 Å². The maximum absolute atomic E-state index is 13.7. The molecular weight excluding hydrogens is 302 g/mol. The number of hydrogen-bond acceptors (Lipinski definition) is 3.